The fourth-order valence-electron chi connectivity index (χ4n) is 3.51. The normalized spacial score (nSPS) is 27.2. The van der Waals surface area contributed by atoms with Crippen molar-refractivity contribution in [2.75, 3.05) is 26.7 Å². The average molecular weight is 238 g/mol. The highest BCUT2D eigenvalue weighted by atomic mass is 15.1. The number of likely N-dealkylation sites (tertiary alicyclic amines) is 1. The Morgan fingerprint density at radius 1 is 1.12 bits per heavy atom. The van der Waals surface area contributed by atoms with Crippen molar-refractivity contribution in [2.24, 2.45) is 5.92 Å². The van der Waals surface area contributed by atoms with Gasteiger partial charge in [0.05, 0.1) is 0 Å². The first-order valence-electron chi connectivity index (χ1n) is 7.65. The molecule has 17 heavy (non-hydrogen) atoms. The Morgan fingerprint density at radius 2 is 1.76 bits per heavy atom. The van der Waals surface area contributed by atoms with E-state index in [0.717, 1.165) is 5.92 Å². The Morgan fingerprint density at radius 3 is 2.35 bits per heavy atom. The van der Waals surface area contributed by atoms with Crippen LogP contribution in [0.15, 0.2) is 0 Å². The summed E-state index contributed by atoms with van der Waals surface area (Å²) < 4.78 is 0. The topological polar surface area (TPSA) is 15.3 Å². The highest BCUT2D eigenvalue weighted by Gasteiger charge is 2.30. The van der Waals surface area contributed by atoms with Crippen LogP contribution in [0, 0.1) is 5.92 Å². The van der Waals surface area contributed by atoms with Crippen molar-refractivity contribution >= 4 is 0 Å². The molecule has 0 bridgehead atoms. The molecule has 2 nitrogen and oxygen atoms in total. The number of nitrogens with zero attached hydrogens (tertiary/aromatic N) is 1. The summed E-state index contributed by atoms with van der Waals surface area (Å²) >= 11 is 0. The van der Waals surface area contributed by atoms with Gasteiger partial charge in [-0.15, -0.1) is 0 Å². The molecule has 2 fully saturated rings. The first-order chi connectivity index (χ1) is 8.24. The van der Waals surface area contributed by atoms with E-state index in [9.17, 15) is 0 Å². The van der Waals surface area contributed by atoms with Gasteiger partial charge < -0.3 is 10.2 Å². The first-order valence-corrected chi connectivity index (χ1v) is 7.65. The molecule has 0 aromatic carbocycles. The van der Waals surface area contributed by atoms with E-state index in [0.29, 0.717) is 5.54 Å². The highest BCUT2D eigenvalue weighted by molar-refractivity contribution is 4.90. The molecule has 1 aliphatic heterocycles. The van der Waals surface area contributed by atoms with Gasteiger partial charge in [-0.3, -0.25) is 0 Å². The predicted molar refractivity (Wildman–Crippen MR) is 74.3 cm³/mol. The molecule has 100 valence electrons. The van der Waals surface area contributed by atoms with Crippen LogP contribution in [0.4, 0.5) is 0 Å². The second kappa shape index (κ2) is 6.19. The number of nitrogens with one attached hydrogen (secondary N) is 1. The molecule has 0 radical (unpaired) electrons. The molecule has 0 aromatic heterocycles. The summed E-state index contributed by atoms with van der Waals surface area (Å²) in [5, 5.41) is 3.64. The molecule has 0 unspecified atom stereocenters. The lowest BCUT2D eigenvalue weighted by atomic mass is 9.79. The standard InChI is InChI=1S/C15H30N2/c1-14-6-11-17(12-7-14)13-10-15(16-2)8-4-3-5-9-15/h14,16H,3-13H2,1-2H3. The van der Waals surface area contributed by atoms with Crippen LogP contribution in [0.3, 0.4) is 0 Å². The lowest BCUT2D eigenvalue weighted by molar-refractivity contribution is 0.150. The highest BCUT2D eigenvalue weighted by Crippen LogP contribution is 2.31. The molecule has 0 atom stereocenters. The van der Waals surface area contributed by atoms with E-state index >= 15 is 0 Å². The minimum Gasteiger partial charge on any atom is -0.314 e. The molecule has 0 spiro atoms. The van der Waals surface area contributed by atoms with Crippen LogP contribution in [0.1, 0.15) is 58.3 Å². The van der Waals surface area contributed by atoms with Gasteiger partial charge >= 0.3 is 0 Å². The lowest BCUT2D eigenvalue weighted by Crippen LogP contribution is -2.47. The van der Waals surface area contributed by atoms with Gasteiger partial charge in [0.25, 0.3) is 0 Å². The number of piperidine rings is 1. The van der Waals surface area contributed by atoms with E-state index < -0.39 is 0 Å². The lowest BCUT2D eigenvalue weighted by Gasteiger charge is -2.40. The Labute approximate surface area is 107 Å². The van der Waals surface area contributed by atoms with E-state index in [4.69, 9.17) is 0 Å². The maximum absolute atomic E-state index is 3.64. The van der Waals surface area contributed by atoms with Crippen molar-refractivity contribution in [1.29, 1.82) is 0 Å². The zero-order chi connectivity index (χ0) is 12.1. The Hall–Kier alpha value is -0.0800. The summed E-state index contributed by atoms with van der Waals surface area (Å²) in [5.41, 5.74) is 0.474. The SMILES string of the molecule is CNC1(CCN2CCC(C)CC2)CCCCC1. The second-order valence-electron chi connectivity index (χ2n) is 6.37. The van der Waals surface area contributed by atoms with Gasteiger partial charge in [0.1, 0.15) is 0 Å². The summed E-state index contributed by atoms with van der Waals surface area (Å²) in [6.07, 6.45) is 11.3. The molecule has 2 aliphatic rings. The zero-order valence-electron chi connectivity index (χ0n) is 11.8. The smallest absolute Gasteiger partial charge is 0.0190 e. The van der Waals surface area contributed by atoms with E-state index in [1.807, 2.05) is 0 Å². The van der Waals surface area contributed by atoms with Gasteiger partial charge in [-0.05, 0) is 64.7 Å². The minimum atomic E-state index is 0.474. The average Bonchev–Trinajstić information content (AvgIpc) is 2.39. The summed E-state index contributed by atoms with van der Waals surface area (Å²) in [4.78, 5) is 2.69. The molecule has 1 saturated heterocycles. The molecule has 2 rings (SSSR count). The maximum Gasteiger partial charge on any atom is 0.0190 e. The molecular formula is C15H30N2. The van der Waals surface area contributed by atoms with Gasteiger partial charge in [0.2, 0.25) is 0 Å². The van der Waals surface area contributed by atoms with Gasteiger partial charge in [0.15, 0.2) is 0 Å². The molecule has 2 heteroatoms. The van der Waals surface area contributed by atoms with Crippen molar-refractivity contribution in [1.82, 2.24) is 10.2 Å². The summed E-state index contributed by atoms with van der Waals surface area (Å²) in [6.45, 7) is 6.38. The van der Waals surface area contributed by atoms with Crippen molar-refractivity contribution in [2.45, 2.75) is 63.8 Å². The summed E-state index contributed by atoms with van der Waals surface area (Å²) in [7, 11) is 2.17. The van der Waals surface area contributed by atoms with Crippen LogP contribution in [0.25, 0.3) is 0 Å². The molecule has 1 heterocycles. The minimum absolute atomic E-state index is 0.474. The fourth-order valence-corrected chi connectivity index (χ4v) is 3.51. The van der Waals surface area contributed by atoms with Crippen molar-refractivity contribution in [3.05, 3.63) is 0 Å². The largest absolute Gasteiger partial charge is 0.314 e. The third-order valence-corrected chi connectivity index (χ3v) is 5.12. The van der Waals surface area contributed by atoms with Crippen LogP contribution < -0.4 is 5.32 Å². The molecule has 1 aliphatic carbocycles. The van der Waals surface area contributed by atoms with Crippen molar-refractivity contribution in [3.63, 3.8) is 0 Å². The van der Waals surface area contributed by atoms with Crippen molar-refractivity contribution in [3.8, 4) is 0 Å². The molecule has 1 saturated carbocycles. The van der Waals surface area contributed by atoms with Crippen LogP contribution in [0.2, 0.25) is 0 Å². The number of hydrogen-bond donors (Lipinski definition) is 1. The Bertz CT molecular complexity index is 213. The van der Waals surface area contributed by atoms with E-state index in [1.165, 1.54) is 71.0 Å². The van der Waals surface area contributed by atoms with E-state index in [-0.39, 0.29) is 0 Å². The van der Waals surface area contributed by atoms with E-state index in [1.54, 1.807) is 0 Å². The van der Waals surface area contributed by atoms with Gasteiger partial charge in [-0.1, -0.05) is 26.2 Å². The third-order valence-electron chi connectivity index (χ3n) is 5.12. The second-order valence-corrected chi connectivity index (χ2v) is 6.37. The molecule has 0 amide bonds. The Balaban J connectivity index is 1.75. The molecular weight excluding hydrogens is 208 g/mol. The monoisotopic (exact) mass is 238 g/mol. The van der Waals surface area contributed by atoms with E-state index in [2.05, 4.69) is 24.2 Å². The van der Waals surface area contributed by atoms with Gasteiger partial charge in [-0.2, -0.15) is 0 Å². The number of hydrogen-bond acceptors (Lipinski definition) is 2. The maximum atomic E-state index is 3.64. The van der Waals surface area contributed by atoms with Crippen LogP contribution in [-0.2, 0) is 0 Å². The third kappa shape index (κ3) is 3.69. The summed E-state index contributed by atoms with van der Waals surface area (Å²) in [5.74, 6) is 0.958. The summed E-state index contributed by atoms with van der Waals surface area (Å²) in [6, 6.07) is 0. The predicted octanol–water partition coefficient (Wildman–Crippen LogP) is 3.03. The first kappa shape index (κ1) is 13.4. The van der Waals surface area contributed by atoms with Crippen LogP contribution in [0.5, 0.6) is 0 Å². The quantitative estimate of drug-likeness (QED) is 0.810. The fraction of sp³-hybridized carbons (Fsp3) is 1.00. The molecule has 0 aromatic rings. The van der Waals surface area contributed by atoms with Gasteiger partial charge in [-0.25, -0.2) is 0 Å². The van der Waals surface area contributed by atoms with Crippen molar-refractivity contribution < 1.29 is 0 Å². The zero-order valence-corrected chi connectivity index (χ0v) is 11.8. The van der Waals surface area contributed by atoms with Gasteiger partial charge in [0, 0.05) is 5.54 Å². The number of rotatable bonds is 4. The van der Waals surface area contributed by atoms with Crippen LogP contribution >= 0.6 is 0 Å². The molecule has 1 N–H and O–H groups in total. The Kier molecular flexibility index (Phi) is 4.87. The van der Waals surface area contributed by atoms with Crippen LogP contribution in [-0.4, -0.2) is 37.1 Å².